The van der Waals surface area contributed by atoms with Crippen molar-refractivity contribution >= 4 is 39.9 Å². The number of rotatable bonds is 8. The molecule has 4 aromatic rings. The maximum absolute atomic E-state index is 12.7. The maximum Gasteiger partial charge on any atom is 0.248 e. The van der Waals surface area contributed by atoms with Crippen molar-refractivity contribution in [3.63, 3.8) is 0 Å². The number of amides is 1. The Morgan fingerprint density at radius 2 is 1.61 bits per heavy atom. The Kier molecular flexibility index (Phi) is 7.45. The van der Waals surface area contributed by atoms with Crippen molar-refractivity contribution in [2.45, 2.75) is 25.7 Å². The van der Waals surface area contributed by atoms with Crippen molar-refractivity contribution in [3.05, 3.63) is 83.6 Å². The molecule has 7 heteroatoms. The van der Waals surface area contributed by atoms with Crippen LogP contribution in [0, 0.1) is 0 Å². The number of hydrogen-bond acceptors (Lipinski definition) is 5. The molecule has 38 heavy (non-hydrogen) atoms. The number of pyridine rings is 1. The lowest BCUT2D eigenvalue weighted by molar-refractivity contribution is -0.359. The first-order valence-corrected chi connectivity index (χ1v) is 12.7. The van der Waals surface area contributed by atoms with Crippen LogP contribution in [0.5, 0.6) is 17.2 Å². The van der Waals surface area contributed by atoms with Gasteiger partial charge < -0.3 is 24.8 Å². The molecule has 1 aromatic heterocycles. The van der Waals surface area contributed by atoms with Gasteiger partial charge in [0.1, 0.15) is 5.75 Å². The van der Waals surface area contributed by atoms with Crippen LogP contribution >= 0.6 is 0 Å². The van der Waals surface area contributed by atoms with Gasteiger partial charge in [0, 0.05) is 41.6 Å². The zero-order valence-electron chi connectivity index (χ0n) is 21.9. The van der Waals surface area contributed by atoms with Gasteiger partial charge in [-0.3, -0.25) is 4.79 Å². The first-order valence-electron chi connectivity index (χ1n) is 12.7. The molecule has 1 amide bonds. The lowest BCUT2D eigenvalue weighted by Crippen LogP contribution is -2.21. The van der Waals surface area contributed by atoms with E-state index < -0.39 is 0 Å². The van der Waals surface area contributed by atoms with Crippen molar-refractivity contribution < 1.29 is 24.0 Å². The van der Waals surface area contributed by atoms with Gasteiger partial charge in [0.05, 0.1) is 32.4 Å². The van der Waals surface area contributed by atoms with Crippen molar-refractivity contribution in [2.24, 2.45) is 0 Å². The molecule has 1 aliphatic rings. The standard InChI is InChI=1S/C31H31N3O4/c1-36-23-13-8-20(9-14-23)10-17-30(35)32-21-11-15-27-25(18-21)31(24-6-4-5-7-26(24)34-27)33-22-12-16-28(37-2)29(19-22)38-3/h8-19H,4-7H2,1-3H3,(H,32,35)(H,33,34)/p+1. The molecule has 0 atom stereocenters. The van der Waals surface area contributed by atoms with Crippen LogP contribution in [0.1, 0.15) is 29.7 Å². The van der Waals surface area contributed by atoms with E-state index in [1.807, 2.05) is 60.7 Å². The van der Waals surface area contributed by atoms with Crippen LogP contribution in [0.15, 0.2) is 66.7 Å². The minimum atomic E-state index is -0.198. The van der Waals surface area contributed by atoms with E-state index in [-0.39, 0.29) is 5.91 Å². The maximum atomic E-state index is 12.7. The summed E-state index contributed by atoms with van der Waals surface area (Å²) in [6, 6.07) is 19.3. The smallest absolute Gasteiger partial charge is 0.248 e. The highest BCUT2D eigenvalue weighted by Gasteiger charge is 2.24. The Labute approximate surface area is 222 Å². The van der Waals surface area contributed by atoms with Crippen LogP contribution < -0.4 is 29.8 Å². The quantitative estimate of drug-likeness (QED) is 0.286. The number of nitrogens with one attached hydrogen (secondary N) is 3. The van der Waals surface area contributed by atoms with Crippen molar-refractivity contribution in [2.75, 3.05) is 32.0 Å². The predicted octanol–water partition coefficient (Wildman–Crippen LogP) is 5.95. The van der Waals surface area contributed by atoms with Gasteiger partial charge in [-0.1, -0.05) is 12.1 Å². The molecule has 1 aliphatic carbocycles. The third kappa shape index (κ3) is 5.42. The molecule has 0 aliphatic heterocycles. The van der Waals surface area contributed by atoms with Crippen molar-refractivity contribution in [3.8, 4) is 17.2 Å². The van der Waals surface area contributed by atoms with E-state index in [0.29, 0.717) is 11.5 Å². The van der Waals surface area contributed by atoms with Crippen LogP contribution in [-0.2, 0) is 17.6 Å². The van der Waals surface area contributed by atoms with Gasteiger partial charge in [0.25, 0.3) is 0 Å². The summed E-state index contributed by atoms with van der Waals surface area (Å²) in [5, 5.41) is 7.66. The number of benzene rings is 3. The number of carbonyl (C=O) groups excluding carboxylic acids is 1. The number of methoxy groups -OCH3 is 3. The van der Waals surface area contributed by atoms with Crippen LogP contribution in [0.4, 0.5) is 17.1 Å². The van der Waals surface area contributed by atoms with E-state index >= 15 is 0 Å². The highest BCUT2D eigenvalue weighted by Crippen LogP contribution is 2.37. The number of aromatic nitrogens is 1. The van der Waals surface area contributed by atoms with E-state index in [4.69, 9.17) is 14.2 Å². The number of H-pyrrole nitrogens is 1. The number of ether oxygens (including phenoxy) is 3. The second kappa shape index (κ2) is 11.3. The minimum absolute atomic E-state index is 0.198. The third-order valence-electron chi connectivity index (χ3n) is 6.81. The molecule has 0 unspecified atom stereocenters. The summed E-state index contributed by atoms with van der Waals surface area (Å²) in [5.41, 5.74) is 7.14. The van der Waals surface area contributed by atoms with Gasteiger partial charge in [-0.25, -0.2) is 4.98 Å². The average Bonchev–Trinajstić information content (AvgIpc) is 2.96. The van der Waals surface area contributed by atoms with Gasteiger partial charge >= 0.3 is 0 Å². The van der Waals surface area contributed by atoms with Gasteiger partial charge in [-0.15, -0.1) is 0 Å². The fourth-order valence-electron chi connectivity index (χ4n) is 4.85. The molecule has 1 heterocycles. The van der Waals surface area contributed by atoms with Crippen molar-refractivity contribution in [1.29, 1.82) is 0 Å². The molecular weight excluding hydrogens is 478 g/mol. The topological polar surface area (TPSA) is 83.0 Å². The fraction of sp³-hybridized carbons (Fsp3) is 0.226. The largest absolute Gasteiger partial charge is 0.497 e. The molecule has 0 spiro atoms. The summed E-state index contributed by atoms with van der Waals surface area (Å²) in [6.45, 7) is 0. The number of fused-ring (bicyclic) bond motifs is 2. The van der Waals surface area contributed by atoms with Crippen LogP contribution in [0.25, 0.3) is 17.0 Å². The minimum Gasteiger partial charge on any atom is -0.497 e. The summed E-state index contributed by atoms with van der Waals surface area (Å²) in [7, 11) is 4.89. The number of aryl methyl sites for hydroxylation is 1. The Morgan fingerprint density at radius 1 is 0.842 bits per heavy atom. The number of aromatic amines is 1. The number of hydrogen-bond donors (Lipinski definition) is 2. The van der Waals surface area contributed by atoms with Gasteiger partial charge in [0.2, 0.25) is 11.4 Å². The highest BCUT2D eigenvalue weighted by molar-refractivity contribution is 6.04. The molecular formula is C31H32N3O4+. The molecule has 0 bridgehead atoms. The Bertz CT molecular complexity index is 1500. The van der Waals surface area contributed by atoms with E-state index in [2.05, 4.69) is 15.6 Å². The fourth-order valence-corrected chi connectivity index (χ4v) is 4.85. The highest BCUT2D eigenvalue weighted by atomic mass is 16.5. The van der Waals surface area contributed by atoms with E-state index in [1.54, 1.807) is 27.4 Å². The first-order chi connectivity index (χ1) is 18.6. The Balaban J connectivity index is 1.46. The summed E-state index contributed by atoms with van der Waals surface area (Å²) in [4.78, 5) is 16.3. The Hall–Kier alpha value is -4.52. The third-order valence-corrected chi connectivity index (χ3v) is 6.81. The number of carbonyl (C=O) groups is 1. The lowest BCUT2D eigenvalue weighted by Gasteiger charge is -2.19. The summed E-state index contributed by atoms with van der Waals surface area (Å²) in [5.74, 6) is 1.92. The molecule has 0 fully saturated rings. The average molecular weight is 511 g/mol. The summed E-state index contributed by atoms with van der Waals surface area (Å²) in [6.07, 6.45) is 7.62. The molecule has 5 rings (SSSR count). The number of anilines is 3. The van der Waals surface area contributed by atoms with Gasteiger partial charge in [-0.2, -0.15) is 0 Å². The van der Waals surface area contributed by atoms with Crippen LogP contribution in [-0.4, -0.2) is 27.2 Å². The molecule has 7 nitrogen and oxygen atoms in total. The molecule has 3 N–H and O–H groups in total. The van der Waals surface area contributed by atoms with E-state index in [1.165, 1.54) is 23.8 Å². The van der Waals surface area contributed by atoms with Gasteiger partial charge in [-0.05, 0) is 67.3 Å². The second-order valence-electron chi connectivity index (χ2n) is 9.22. The molecule has 0 saturated carbocycles. The molecule has 0 radical (unpaired) electrons. The van der Waals surface area contributed by atoms with Crippen LogP contribution in [0.3, 0.4) is 0 Å². The molecule has 194 valence electrons. The second-order valence-corrected chi connectivity index (χ2v) is 9.22. The summed E-state index contributed by atoms with van der Waals surface area (Å²) < 4.78 is 16.1. The van der Waals surface area contributed by atoms with E-state index in [9.17, 15) is 4.79 Å². The van der Waals surface area contributed by atoms with Crippen LogP contribution in [0.2, 0.25) is 0 Å². The Morgan fingerprint density at radius 3 is 2.37 bits per heavy atom. The summed E-state index contributed by atoms with van der Waals surface area (Å²) >= 11 is 0. The zero-order valence-corrected chi connectivity index (χ0v) is 21.9. The van der Waals surface area contributed by atoms with Crippen molar-refractivity contribution in [1.82, 2.24) is 0 Å². The van der Waals surface area contributed by atoms with E-state index in [0.717, 1.165) is 58.5 Å². The van der Waals surface area contributed by atoms with Gasteiger partial charge in [0.15, 0.2) is 17.2 Å². The molecule has 0 saturated heterocycles. The molecule has 3 aromatic carbocycles. The SMILES string of the molecule is COc1ccc(C=CC(=O)Nc2ccc3[nH+]c4c(c(Nc5ccc(OC)c(OC)c5)c3c2)CCCC4)cc1. The predicted molar refractivity (Wildman–Crippen MR) is 151 cm³/mol. The zero-order chi connectivity index (χ0) is 26.5. The normalized spacial score (nSPS) is 12.7. The monoisotopic (exact) mass is 510 g/mol. The lowest BCUT2D eigenvalue weighted by atomic mass is 9.92. The first kappa shape index (κ1) is 25.1.